The lowest BCUT2D eigenvalue weighted by molar-refractivity contribution is 0.0703. The van der Waals surface area contributed by atoms with Gasteiger partial charge in [-0.1, -0.05) is 26.0 Å². The Balaban J connectivity index is 1.67. The molecule has 8 heteroatoms. The van der Waals surface area contributed by atoms with Gasteiger partial charge in [0, 0.05) is 19.3 Å². The van der Waals surface area contributed by atoms with E-state index in [-0.39, 0.29) is 22.3 Å². The number of aromatic nitrogens is 2. The molecular formula is C22H25N3O4S. The smallest absolute Gasteiger partial charge is 0.258 e. The van der Waals surface area contributed by atoms with Crippen molar-refractivity contribution in [3.8, 4) is 5.75 Å². The van der Waals surface area contributed by atoms with Crippen molar-refractivity contribution in [3.63, 3.8) is 0 Å². The van der Waals surface area contributed by atoms with Gasteiger partial charge in [0.2, 0.25) is 0 Å². The van der Waals surface area contributed by atoms with Crippen molar-refractivity contribution < 1.29 is 17.9 Å². The summed E-state index contributed by atoms with van der Waals surface area (Å²) in [5.41, 5.74) is 2.23. The lowest BCUT2D eigenvalue weighted by Crippen LogP contribution is -2.38. The minimum Gasteiger partial charge on any atom is -0.492 e. The molecule has 1 aromatic heterocycles. The topological polar surface area (TPSA) is 81.5 Å². The maximum absolute atomic E-state index is 13.4. The van der Waals surface area contributed by atoms with Gasteiger partial charge in [0.15, 0.2) is 9.84 Å². The lowest BCUT2D eigenvalue weighted by atomic mass is 10.1. The molecule has 4 rings (SSSR count). The molecule has 0 fully saturated rings. The normalized spacial score (nSPS) is 14.2. The molecule has 0 radical (unpaired) electrons. The molecule has 158 valence electrons. The molecule has 3 aromatic rings. The number of ether oxygens (including phenoxy) is 1. The predicted molar refractivity (Wildman–Crippen MR) is 114 cm³/mol. The number of hydrogen-bond donors (Lipinski definition) is 0. The van der Waals surface area contributed by atoms with Crippen LogP contribution in [0.4, 0.5) is 0 Å². The van der Waals surface area contributed by atoms with E-state index >= 15 is 0 Å². The third kappa shape index (κ3) is 3.92. The number of benzene rings is 2. The molecule has 0 saturated heterocycles. The van der Waals surface area contributed by atoms with Crippen LogP contribution in [0.3, 0.4) is 0 Å². The third-order valence-corrected chi connectivity index (χ3v) is 6.24. The van der Waals surface area contributed by atoms with Crippen molar-refractivity contribution in [1.82, 2.24) is 14.5 Å². The molecular weight excluding hydrogens is 402 g/mol. The van der Waals surface area contributed by atoms with E-state index in [1.807, 2.05) is 38.1 Å². The van der Waals surface area contributed by atoms with Gasteiger partial charge < -0.3 is 14.2 Å². The van der Waals surface area contributed by atoms with Crippen LogP contribution in [0, 0.1) is 5.92 Å². The fraction of sp³-hybridized carbons (Fsp3) is 0.364. The molecule has 7 nitrogen and oxygen atoms in total. The van der Waals surface area contributed by atoms with Gasteiger partial charge in [-0.05, 0) is 36.2 Å². The molecule has 30 heavy (non-hydrogen) atoms. The van der Waals surface area contributed by atoms with Crippen molar-refractivity contribution in [2.75, 3.05) is 19.4 Å². The van der Waals surface area contributed by atoms with Gasteiger partial charge in [0.25, 0.3) is 5.91 Å². The number of nitrogens with zero attached hydrogens (tertiary/aromatic N) is 3. The standard InChI is InChI=1S/C22H25N3O4S/c1-15(2)14-29-20-9-8-16(30(3,27)28)12-17(20)22(26)24-10-11-25-19-7-5-4-6-18(19)23-21(25)13-24/h4-9,12,15H,10-11,13-14H2,1-3H3. The minimum atomic E-state index is -3.45. The summed E-state index contributed by atoms with van der Waals surface area (Å²) in [6.45, 7) is 5.98. The molecule has 1 aliphatic heterocycles. The van der Waals surface area contributed by atoms with Gasteiger partial charge in [0.05, 0.1) is 34.6 Å². The van der Waals surface area contributed by atoms with Crippen LogP contribution >= 0.6 is 0 Å². The number of para-hydroxylation sites is 2. The van der Waals surface area contributed by atoms with Gasteiger partial charge in [-0.25, -0.2) is 13.4 Å². The average Bonchev–Trinajstić information content (AvgIpc) is 3.08. The van der Waals surface area contributed by atoms with E-state index in [1.165, 1.54) is 12.1 Å². The van der Waals surface area contributed by atoms with E-state index in [4.69, 9.17) is 4.74 Å². The predicted octanol–water partition coefficient (Wildman–Crippen LogP) is 3.13. The third-order valence-electron chi connectivity index (χ3n) is 5.13. The van der Waals surface area contributed by atoms with E-state index in [1.54, 1.807) is 11.0 Å². The molecule has 0 unspecified atom stereocenters. The molecule has 0 saturated carbocycles. The average molecular weight is 428 g/mol. The number of rotatable bonds is 5. The Morgan fingerprint density at radius 2 is 1.93 bits per heavy atom. The first kappa shape index (κ1) is 20.4. The van der Waals surface area contributed by atoms with Crippen LogP contribution < -0.4 is 4.74 Å². The molecule has 0 N–H and O–H groups in total. The summed E-state index contributed by atoms with van der Waals surface area (Å²) in [6, 6.07) is 12.4. The number of imidazole rings is 1. The van der Waals surface area contributed by atoms with Gasteiger partial charge in [0.1, 0.15) is 11.6 Å². The maximum atomic E-state index is 13.4. The summed E-state index contributed by atoms with van der Waals surface area (Å²) in [7, 11) is -3.45. The Bertz CT molecular complexity index is 1210. The summed E-state index contributed by atoms with van der Waals surface area (Å²) < 4.78 is 32.1. The monoisotopic (exact) mass is 427 g/mol. The molecule has 2 heterocycles. The Morgan fingerprint density at radius 1 is 1.17 bits per heavy atom. The lowest BCUT2D eigenvalue weighted by Gasteiger charge is -2.29. The molecule has 0 atom stereocenters. The summed E-state index contributed by atoms with van der Waals surface area (Å²) in [5, 5.41) is 0. The Kier molecular flexibility index (Phi) is 5.27. The molecule has 1 aliphatic rings. The van der Waals surface area contributed by atoms with Crippen molar-refractivity contribution >= 4 is 26.8 Å². The number of fused-ring (bicyclic) bond motifs is 3. The second kappa shape index (κ2) is 7.75. The van der Waals surface area contributed by atoms with Crippen LogP contribution in [0.25, 0.3) is 11.0 Å². The van der Waals surface area contributed by atoms with E-state index in [9.17, 15) is 13.2 Å². The first-order valence-corrected chi connectivity index (χ1v) is 11.8. The number of carbonyl (C=O) groups is 1. The molecule has 0 bridgehead atoms. The summed E-state index contributed by atoms with van der Waals surface area (Å²) in [4.78, 5) is 19.8. The Hall–Kier alpha value is -2.87. The summed E-state index contributed by atoms with van der Waals surface area (Å²) >= 11 is 0. The highest BCUT2D eigenvalue weighted by atomic mass is 32.2. The highest BCUT2D eigenvalue weighted by Crippen LogP contribution is 2.27. The highest BCUT2D eigenvalue weighted by molar-refractivity contribution is 7.90. The van der Waals surface area contributed by atoms with E-state index in [0.717, 1.165) is 23.1 Å². The molecule has 2 aromatic carbocycles. The molecule has 0 spiro atoms. The zero-order valence-corrected chi connectivity index (χ0v) is 18.1. The summed E-state index contributed by atoms with van der Waals surface area (Å²) in [5.74, 6) is 1.25. The molecule has 0 aliphatic carbocycles. The first-order chi connectivity index (χ1) is 14.2. The van der Waals surface area contributed by atoms with Gasteiger partial charge in [-0.3, -0.25) is 4.79 Å². The van der Waals surface area contributed by atoms with Crippen LogP contribution in [-0.4, -0.2) is 48.2 Å². The first-order valence-electron chi connectivity index (χ1n) is 9.94. The van der Waals surface area contributed by atoms with E-state index in [2.05, 4.69) is 9.55 Å². The zero-order valence-electron chi connectivity index (χ0n) is 17.3. The maximum Gasteiger partial charge on any atom is 0.258 e. The van der Waals surface area contributed by atoms with Crippen LogP contribution in [0.2, 0.25) is 0 Å². The fourth-order valence-corrected chi connectivity index (χ4v) is 4.25. The van der Waals surface area contributed by atoms with Gasteiger partial charge in [-0.2, -0.15) is 0 Å². The quantitative estimate of drug-likeness (QED) is 0.625. The number of carbonyl (C=O) groups excluding carboxylic acids is 1. The van der Waals surface area contributed by atoms with Crippen LogP contribution in [0.1, 0.15) is 30.0 Å². The van der Waals surface area contributed by atoms with Crippen molar-refractivity contribution in [2.24, 2.45) is 5.92 Å². The molecule has 1 amide bonds. The summed E-state index contributed by atoms with van der Waals surface area (Å²) in [6.07, 6.45) is 1.13. The highest BCUT2D eigenvalue weighted by Gasteiger charge is 2.27. The second-order valence-electron chi connectivity index (χ2n) is 8.03. The van der Waals surface area contributed by atoms with Gasteiger partial charge >= 0.3 is 0 Å². The minimum absolute atomic E-state index is 0.104. The Labute approximate surface area is 176 Å². The largest absolute Gasteiger partial charge is 0.492 e. The van der Waals surface area contributed by atoms with Crippen LogP contribution in [-0.2, 0) is 22.9 Å². The number of sulfone groups is 1. The van der Waals surface area contributed by atoms with Crippen LogP contribution in [0.5, 0.6) is 5.75 Å². The zero-order chi connectivity index (χ0) is 21.5. The number of hydrogen-bond acceptors (Lipinski definition) is 5. The van der Waals surface area contributed by atoms with Crippen molar-refractivity contribution in [2.45, 2.75) is 31.8 Å². The van der Waals surface area contributed by atoms with Crippen LogP contribution in [0.15, 0.2) is 47.4 Å². The number of amides is 1. The van der Waals surface area contributed by atoms with Gasteiger partial charge in [-0.15, -0.1) is 0 Å². The van der Waals surface area contributed by atoms with Crippen molar-refractivity contribution in [1.29, 1.82) is 0 Å². The fourth-order valence-electron chi connectivity index (χ4n) is 3.60. The van der Waals surface area contributed by atoms with E-state index < -0.39 is 9.84 Å². The SMILES string of the molecule is CC(C)COc1ccc(S(C)(=O)=O)cc1C(=O)N1CCn2c(nc3ccccc32)C1. The Morgan fingerprint density at radius 3 is 2.67 bits per heavy atom. The van der Waals surface area contributed by atoms with Crippen molar-refractivity contribution in [3.05, 3.63) is 53.9 Å². The van der Waals surface area contributed by atoms with E-state index in [0.29, 0.717) is 32.0 Å². The second-order valence-corrected chi connectivity index (χ2v) is 10.0.